The van der Waals surface area contributed by atoms with Crippen molar-refractivity contribution >= 4 is 19.8 Å². The van der Waals surface area contributed by atoms with Crippen molar-refractivity contribution in [3.63, 3.8) is 0 Å². The van der Waals surface area contributed by atoms with Crippen LogP contribution in [0.4, 0.5) is 0 Å². The number of esters is 2. The first-order valence-corrected chi connectivity index (χ1v) is 35.8. The lowest BCUT2D eigenvalue weighted by Crippen LogP contribution is -2.37. The fourth-order valence-corrected chi connectivity index (χ4v) is 10.0. The molecule has 0 amide bonds. The van der Waals surface area contributed by atoms with Gasteiger partial charge < -0.3 is 18.9 Å². The van der Waals surface area contributed by atoms with E-state index in [1.165, 1.54) is 148 Å². The minimum Gasteiger partial charge on any atom is -0.462 e. The van der Waals surface area contributed by atoms with Crippen molar-refractivity contribution in [2.75, 3.05) is 47.5 Å². The van der Waals surface area contributed by atoms with Gasteiger partial charge in [-0.1, -0.05) is 289 Å². The molecule has 0 saturated heterocycles. The van der Waals surface area contributed by atoms with E-state index >= 15 is 0 Å². The molecule has 10 heteroatoms. The van der Waals surface area contributed by atoms with Crippen LogP contribution in [-0.2, 0) is 32.7 Å². The van der Waals surface area contributed by atoms with E-state index in [9.17, 15) is 19.0 Å². The number of carbonyl (C=O) groups is 2. The molecular weight excluding hydrogens is 1060 g/mol. The minimum atomic E-state index is -4.40. The SMILES string of the molecule is CC/C=C\C/C=C\C/C=C\C/C=C\C/C=C\CCCCCCCCCCCCCCCCCCCCCCCCCCCC(=O)OC(COC(=O)CCCCC/C=C\C/C=C\C/C=C\C/C=C\C/C=C\CC)COP(=O)(O)OCC[N+](C)(C)C. The molecule has 0 saturated carbocycles. The van der Waals surface area contributed by atoms with Gasteiger partial charge in [0.2, 0.25) is 0 Å². The van der Waals surface area contributed by atoms with Crippen LogP contribution in [0.25, 0.3) is 0 Å². The summed E-state index contributed by atoms with van der Waals surface area (Å²) in [6.45, 7) is 4.18. The molecule has 0 radical (unpaired) electrons. The molecule has 9 nitrogen and oxygen atoms in total. The Hall–Kier alpha value is -3.59. The molecule has 0 aliphatic heterocycles. The standard InChI is InChI=1S/C74H128NO8P/c1-6-8-10-12-14-16-18-20-22-24-26-27-28-29-30-31-32-33-34-35-36-37-38-39-40-41-42-43-44-45-46-47-49-51-53-55-57-59-61-63-65-67-74(77)83-72(71-82-84(78,79)81-69-68-75(3,4)5)70-80-73(76)66-64-62-60-58-56-54-52-50-48-25-23-21-19-17-15-13-11-9-7-2/h8-11,14-17,20-23,26-27,29-30,48,50,54,56,72H,6-7,12-13,18-19,24-25,28,31-47,49,51-53,55,57-71H2,1-5H3/p+1/b10-8-,11-9-,16-14-,17-15-,22-20-,23-21-,27-26-,30-29-,50-48-,56-54-. The van der Waals surface area contributed by atoms with Crippen molar-refractivity contribution in [3.8, 4) is 0 Å². The van der Waals surface area contributed by atoms with Gasteiger partial charge in [-0.2, -0.15) is 0 Å². The average molecular weight is 1190 g/mol. The molecule has 0 rings (SSSR count). The van der Waals surface area contributed by atoms with Crippen LogP contribution in [-0.4, -0.2) is 74.9 Å². The van der Waals surface area contributed by atoms with Gasteiger partial charge in [0, 0.05) is 12.8 Å². The Labute approximate surface area is 518 Å². The molecule has 0 spiro atoms. The topological polar surface area (TPSA) is 108 Å². The molecule has 2 atom stereocenters. The molecule has 0 aromatic rings. The van der Waals surface area contributed by atoms with Crippen LogP contribution < -0.4 is 0 Å². The summed E-state index contributed by atoms with van der Waals surface area (Å²) in [5.41, 5.74) is 0. The molecule has 0 bridgehead atoms. The van der Waals surface area contributed by atoms with Gasteiger partial charge in [0.15, 0.2) is 6.10 Å². The summed E-state index contributed by atoms with van der Waals surface area (Å²) in [4.78, 5) is 35.8. The molecule has 1 N–H and O–H groups in total. The zero-order valence-electron chi connectivity index (χ0n) is 54.9. The third-order valence-corrected chi connectivity index (χ3v) is 15.5. The predicted octanol–water partition coefficient (Wildman–Crippen LogP) is 22.3. The second kappa shape index (κ2) is 63.9. The van der Waals surface area contributed by atoms with Crippen LogP contribution in [0.5, 0.6) is 0 Å². The smallest absolute Gasteiger partial charge is 0.462 e. The lowest BCUT2D eigenvalue weighted by Gasteiger charge is -2.24. The number of quaternary nitrogens is 1. The van der Waals surface area contributed by atoms with Gasteiger partial charge in [-0.3, -0.25) is 18.6 Å². The quantitative estimate of drug-likeness (QED) is 0.0211. The Balaban J connectivity index is 3.96. The minimum absolute atomic E-state index is 0.0225. The highest BCUT2D eigenvalue weighted by Gasteiger charge is 2.27. The van der Waals surface area contributed by atoms with Crippen LogP contribution in [0.15, 0.2) is 122 Å². The van der Waals surface area contributed by atoms with Gasteiger partial charge in [-0.15, -0.1) is 0 Å². The molecule has 0 aliphatic rings. The second-order valence-electron chi connectivity index (χ2n) is 23.8. The summed E-state index contributed by atoms with van der Waals surface area (Å²) >= 11 is 0. The first-order valence-electron chi connectivity index (χ1n) is 34.3. The van der Waals surface area contributed by atoms with Gasteiger partial charge in [-0.05, 0) is 103 Å². The Kier molecular flexibility index (Phi) is 61.2. The van der Waals surface area contributed by atoms with Crippen molar-refractivity contribution in [2.45, 2.75) is 290 Å². The third-order valence-electron chi connectivity index (χ3n) is 14.5. The first-order chi connectivity index (χ1) is 41.0. The largest absolute Gasteiger partial charge is 0.472 e. The summed E-state index contributed by atoms with van der Waals surface area (Å²) < 4.78 is 34.6. The van der Waals surface area contributed by atoms with Gasteiger partial charge in [0.05, 0.1) is 27.7 Å². The highest BCUT2D eigenvalue weighted by molar-refractivity contribution is 7.47. The van der Waals surface area contributed by atoms with E-state index in [1.54, 1.807) is 0 Å². The van der Waals surface area contributed by atoms with Crippen molar-refractivity contribution in [1.29, 1.82) is 0 Å². The number of hydrogen-bond acceptors (Lipinski definition) is 7. The lowest BCUT2D eigenvalue weighted by atomic mass is 10.0. The van der Waals surface area contributed by atoms with Crippen molar-refractivity contribution in [3.05, 3.63) is 122 Å². The van der Waals surface area contributed by atoms with Gasteiger partial charge >= 0.3 is 19.8 Å². The zero-order valence-corrected chi connectivity index (χ0v) is 55.7. The Morgan fingerprint density at radius 1 is 0.369 bits per heavy atom. The Morgan fingerprint density at radius 3 is 0.964 bits per heavy atom. The number of phosphoric ester groups is 1. The van der Waals surface area contributed by atoms with Crippen LogP contribution in [0.2, 0.25) is 0 Å². The predicted molar refractivity (Wildman–Crippen MR) is 362 cm³/mol. The summed E-state index contributed by atoms with van der Waals surface area (Å²) in [6, 6.07) is 0. The number of ether oxygens (including phenoxy) is 2. The molecule has 482 valence electrons. The maximum absolute atomic E-state index is 12.9. The zero-order chi connectivity index (χ0) is 61.2. The van der Waals surface area contributed by atoms with Gasteiger partial charge in [0.25, 0.3) is 0 Å². The van der Waals surface area contributed by atoms with E-state index in [-0.39, 0.29) is 26.1 Å². The second-order valence-corrected chi connectivity index (χ2v) is 25.3. The molecule has 0 heterocycles. The average Bonchev–Trinajstić information content (AvgIpc) is 3.61. The Morgan fingerprint density at radius 2 is 0.643 bits per heavy atom. The highest BCUT2D eigenvalue weighted by Crippen LogP contribution is 2.43. The summed E-state index contributed by atoms with van der Waals surface area (Å²) in [7, 11) is 1.45. The van der Waals surface area contributed by atoms with E-state index in [1.807, 2.05) is 21.1 Å². The third kappa shape index (κ3) is 67.5. The molecule has 0 fully saturated rings. The molecule has 0 aromatic carbocycles. The number of nitrogens with zero attached hydrogens (tertiary/aromatic N) is 1. The van der Waals surface area contributed by atoms with Crippen LogP contribution >= 0.6 is 7.82 Å². The number of carbonyl (C=O) groups excluding carboxylic acids is 2. The number of allylic oxidation sites excluding steroid dienone is 20. The summed E-state index contributed by atoms with van der Waals surface area (Å²) in [5.74, 6) is -0.832. The van der Waals surface area contributed by atoms with E-state index in [4.69, 9.17) is 18.5 Å². The number of hydrogen-bond donors (Lipinski definition) is 1. The Bertz CT molecular complexity index is 1830. The monoisotopic (exact) mass is 1190 g/mol. The fraction of sp³-hybridized carbons (Fsp3) is 0.703. The maximum atomic E-state index is 12.9. The van der Waals surface area contributed by atoms with Crippen LogP contribution in [0.1, 0.15) is 284 Å². The van der Waals surface area contributed by atoms with Crippen molar-refractivity contribution in [2.24, 2.45) is 0 Å². The molecule has 0 aromatic heterocycles. The van der Waals surface area contributed by atoms with Crippen molar-refractivity contribution < 1.29 is 42.1 Å². The first kappa shape index (κ1) is 80.4. The molecule has 0 aliphatic carbocycles. The summed E-state index contributed by atoms with van der Waals surface area (Å²) in [6.07, 6.45) is 91.8. The van der Waals surface area contributed by atoms with E-state index < -0.39 is 32.5 Å². The number of likely N-dealkylation sites (N-methyl/N-ethyl adjacent to an activating group) is 1. The fourth-order valence-electron chi connectivity index (χ4n) is 9.31. The van der Waals surface area contributed by atoms with E-state index in [0.29, 0.717) is 23.9 Å². The van der Waals surface area contributed by atoms with Crippen LogP contribution in [0, 0.1) is 0 Å². The van der Waals surface area contributed by atoms with Crippen molar-refractivity contribution in [1.82, 2.24) is 0 Å². The maximum Gasteiger partial charge on any atom is 0.472 e. The normalized spacial score (nSPS) is 13.9. The molecule has 2 unspecified atom stereocenters. The molecule has 84 heavy (non-hydrogen) atoms. The number of rotatable bonds is 62. The summed E-state index contributed by atoms with van der Waals surface area (Å²) in [5, 5.41) is 0. The molecular formula is C74H129NO8P+. The number of unbranched alkanes of at least 4 members (excludes halogenated alkanes) is 28. The van der Waals surface area contributed by atoms with E-state index in [0.717, 1.165) is 96.3 Å². The van der Waals surface area contributed by atoms with Gasteiger partial charge in [-0.25, -0.2) is 4.57 Å². The lowest BCUT2D eigenvalue weighted by molar-refractivity contribution is -0.870. The van der Waals surface area contributed by atoms with Crippen LogP contribution in [0.3, 0.4) is 0 Å². The number of phosphoric acid groups is 1. The highest BCUT2D eigenvalue weighted by atomic mass is 31.2. The van der Waals surface area contributed by atoms with E-state index in [2.05, 4.69) is 135 Å². The van der Waals surface area contributed by atoms with Gasteiger partial charge in [0.1, 0.15) is 19.8 Å².